The number of carbonyl (C=O) groups is 1. The highest BCUT2D eigenvalue weighted by atomic mass is 32.2. The van der Waals surface area contributed by atoms with Crippen LogP contribution in [0.15, 0.2) is 4.52 Å². The number of rotatable bonds is 4. The molecule has 2 rings (SSSR count). The van der Waals surface area contributed by atoms with Gasteiger partial charge in [-0.15, -0.1) is 0 Å². The molecule has 148 valence electrons. The van der Waals surface area contributed by atoms with Crippen LogP contribution in [-0.2, 0) is 14.9 Å². The Labute approximate surface area is 154 Å². The van der Waals surface area contributed by atoms with Gasteiger partial charge in [-0.1, -0.05) is 5.16 Å². The maximum Gasteiger partial charge on any atom is 0.422 e. The van der Waals surface area contributed by atoms with E-state index in [0.29, 0.717) is 24.2 Å². The van der Waals surface area contributed by atoms with E-state index in [1.807, 2.05) is 11.8 Å². The van der Waals surface area contributed by atoms with Gasteiger partial charge in [-0.25, -0.2) is 13.8 Å². The number of quaternary nitrogens is 1. The molecule has 0 saturated carbocycles. The molecule has 0 bridgehead atoms. The van der Waals surface area contributed by atoms with Gasteiger partial charge in [0.05, 0.1) is 31.9 Å². The first-order valence-electron chi connectivity index (χ1n) is 8.70. The third-order valence-corrected chi connectivity index (χ3v) is 5.67. The van der Waals surface area contributed by atoms with Gasteiger partial charge in [0.1, 0.15) is 5.60 Å². The van der Waals surface area contributed by atoms with Crippen LogP contribution in [0.25, 0.3) is 0 Å². The van der Waals surface area contributed by atoms with Crippen LogP contribution in [0.5, 0.6) is 0 Å². The monoisotopic (exact) mass is 389 g/mol. The molecule has 26 heavy (non-hydrogen) atoms. The number of hydrogen-bond donors (Lipinski definition) is 2. The first-order chi connectivity index (χ1) is 11.9. The summed E-state index contributed by atoms with van der Waals surface area (Å²) < 4.78 is 39.6. The molecule has 1 saturated heterocycles. The topological polar surface area (TPSA) is 106 Å². The van der Waals surface area contributed by atoms with Gasteiger partial charge in [0.25, 0.3) is 0 Å². The molecule has 9 nitrogen and oxygen atoms in total. The van der Waals surface area contributed by atoms with Crippen LogP contribution in [0.2, 0.25) is 0 Å². The molecule has 2 unspecified atom stereocenters. The fourth-order valence-corrected chi connectivity index (χ4v) is 4.29. The molecule has 0 aromatic carbocycles. The average molecular weight is 389 g/mol. The number of aryl methyl sites for hydroxylation is 1. The van der Waals surface area contributed by atoms with Crippen LogP contribution in [-0.4, -0.2) is 51.4 Å². The molecule has 1 amide bonds. The van der Waals surface area contributed by atoms with Gasteiger partial charge in [-0.3, -0.25) is 0 Å². The zero-order chi connectivity index (χ0) is 19.7. The van der Waals surface area contributed by atoms with Gasteiger partial charge in [-0.2, -0.15) is 8.42 Å². The number of likely N-dealkylation sites (tertiary alicyclic amines) is 1. The maximum atomic E-state index is 13.0. The Hall–Kier alpha value is -1.81. The Balaban J connectivity index is 2.36. The minimum absolute atomic E-state index is 0.137. The summed E-state index contributed by atoms with van der Waals surface area (Å²) in [6, 6.07) is -0.338. The van der Waals surface area contributed by atoms with Crippen LogP contribution >= 0.6 is 0 Å². The van der Waals surface area contributed by atoms with Gasteiger partial charge in [0, 0.05) is 5.56 Å². The molecule has 2 heterocycles. The predicted octanol–water partition coefficient (Wildman–Crippen LogP) is 0.544. The molecule has 1 aliphatic rings. The lowest BCUT2D eigenvalue weighted by atomic mass is 10.1. The quantitative estimate of drug-likeness (QED) is 0.779. The van der Waals surface area contributed by atoms with Crippen molar-refractivity contribution in [1.29, 1.82) is 0 Å². The van der Waals surface area contributed by atoms with Crippen molar-refractivity contribution in [1.82, 2.24) is 9.88 Å². The molecule has 0 radical (unpaired) electrons. The highest BCUT2D eigenvalue weighted by Crippen LogP contribution is 2.28. The lowest BCUT2D eigenvalue weighted by Gasteiger charge is -2.34. The van der Waals surface area contributed by atoms with Gasteiger partial charge in [0.2, 0.25) is 5.88 Å². The van der Waals surface area contributed by atoms with Crippen molar-refractivity contribution in [3.63, 3.8) is 0 Å². The molecule has 0 aliphatic carbocycles. The smallest absolute Gasteiger partial charge is 0.422 e. The van der Waals surface area contributed by atoms with E-state index in [4.69, 9.17) is 9.26 Å². The van der Waals surface area contributed by atoms with Crippen LogP contribution in [0.4, 0.5) is 10.7 Å². The molecule has 10 heteroatoms. The van der Waals surface area contributed by atoms with E-state index >= 15 is 0 Å². The van der Waals surface area contributed by atoms with Crippen molar-refractivity contribution >= 4 is 22.2 Å². The first-order valence-corrected chi connectivity index (χ1v) is 10.1. The van der Waals surface area contributed by atoms with E-state index in [-0.39, 0.29) is 11.9 Å². The summed E-state index contributed by atoms with van der Waals surface area (Å²) in [4.78, 5) is 13.3. The number of hydrogen-bond acceptors (Lipinski definition) is 6. The third-order valence-electron chi connectivity index (χ3n) is 4.26. The van der Waals surface area contributed by atoms with E-state index < -0.39 is 21.9 Å². The normalized spacial score (nSPS) is 21.3. The second-order valence-electron chi connectivity index (χ2n) is 7.81. The second-order valence-corrected chi connectivity index (χ2v) is 9.36. The number of carbonyl (C=O) groups excluding carboxylic acids is 1. The maximum absolute atomic E-state index is 13.0. The van der Waals surface area contributed by atoms with Crippen molar-refractivity contribution < 1.29 is 27.4 Å². The molecule has 2 atom stereocenters. The molecule has 1 fully saturated rings. The van der Waals surface area contributed by atoms with Crippen molar-refractivity contribution in [3.05, 3.63) is 11.3 Å². The summed E-state index contributed by atoms with van der Waals surface area (Å²) in [5, 5.41) is 3.87. The summed E-state index contributed by atoms with van der Waals surface area (Å²) >= 11 is 0. The lowest BCUT2D eigenvalue weighted by Crippen LogP contribution is -3.11. The number of nitrogens with zero attached hydrogens (tertiary/aromatic N) is 2. The summed E-state index contributed by atoms with van der Waals surface area (Å²) in [5.74, 6) is 0.137. The molecule has 0 spiro atoms. The van der Waals surface area contributed by atoms with Gasteiger partial charge >= 0.3 is 16.3 Å². The Kier molecular flexibility index (Phi) is 5.86. The minimum atomic E-state index is -4.22. The zero-order valence-corrected chi connectivity index (χ0v) is 17.1. The standard InChI is InChI=1S/C16H28N4O5S/c1-11-12(2)17-25-14(11)20(13-8-7-9-19(6)10-13)26(22,23)18-15(21)24-16(3,4)5/h13H,7-10H2,1-6H3,(H,18,21)/p+1. The Morgan fingerprint density at radius 2 is 2.04 bits per heavy atom. The molecule has 1 aromatic heterocycles. The fraction of sp³-hybridized carbons (Fsp3) is 0.750. The van der Waals surface area contributed by atoms with Crippen molar-refractivity contribution in [2.45, 2.75) is 59.1 Å². The van der Waals surface area contributed by atoms with Gasteiger partial charge in [-0.05, 0) is 47.5 Å². The number of nitrogens with one attached hydrogen (secondary N) is 2. The van der Waals surface area contributed by atoms with Crippen LogP contribution < -0.4 is 13.9 Å². The average Bonchev–Trinajstić information content (AvgIpc) is 2.77. The van der Waals surface area contributed by atoms with Crippen molar-refractivity contribution in [3.8, 4) is 0 Å². The first kappa shape index (κ1) is 20.5. The van der Waals surface area contributed by atoms with Crippen molar-refractivity contribution in [2.24, 2.45) is 0 Å². The fourth-order valence-electron chi connectivity index (χ4n) is 2.98. The number of anilines is 1. The molecular weight excluding hydrogens is 360 g/mol. The van der Waals surface area contributed by atoms with E-state index in [1.165, 1.54) is 4.90 Å². The van der Waals surface area contributed by atoms with E-state index in [1.54, 1.807) is 34.6 Å². The van der Waals surface area contributed by atoms with Gasteiger partial charge in [0.15, 0.2) is 0 Å². The van der Waals surface area contributed by atoms with Crippen molar-refractivity contribution in [2.75, 3.05) is 24.4 Å². The van der Waals surface area contributed by atoms with E-state index in [9.17, 15) is 13.2 Å². The van der Waals surface area contributed by atoms with E-state index in [2.05, 4.69) is 5.16 Å². The predicted molar refractivity (Wildman–Crippen MR) is 96.4 cm³/mol. The third kappa shape index (κ3) is 4.88. The largest absolute Gasteiger partial charge is 0.443 e. The number of likely N-dealkylation sites (N-methyl/N-ethyl adjacent to an activating group) is 1. The number of piperidine rings is 1. The van der Waals surface area contributed by atoms with Crippen LogP contribution in [0, 0.1) is 13.8 Å². The van der Waals surface area contributed by atoms with Crippen LogP contribution in [0.3, 0.4) is 0 Å². The minimum Gasteiger partial charge on any atom is -0.443 e. The zero-order valence-electron chi connectivity index (χ0n) is 16.2. The highest BCUT2D eigenvalue weighted by molar-refractivity contribution is 7.91. The second kappa shape index (κ2) is 7.43. The molecule has 1 aromatic rings. The van der Waals surface area contributed by atoms with Crippen LogP contribution in [0.1, 0.15) is 44.9 Å². The highest BCUT2D eigenvalue weighted by Gasteiger charge is 2.39. The summed E-state index contributed by atoms with van der Waals surface area (Å²) in [5.41, 5.74) is 0.426. The van der Waals surface area contributed by atoms with Gasteiger partial charge < -0.3 is 14.2 Å². The molecule has 2 N–H and O–H groups in total. The number of ether oxygens (including phenoxy) is 1. The Bertz CT molecular complexity index is 753. The summed E-state index contributed by atoms with van der Waals surface area (Å²) in [7, 11) is -2.21. The van der Waals surface area contributed by atoms with E-state index in [0.717, 1.165) is 17.3 Å². The Morgan fingerprint density at radius 3 is 2.54 bits per heavy atom. The molecule has 1 aliphatic heterocycles. The summed E-state index contributed by atoms with van der Waals surface area (Å²) in [6.45, 7) is 10.1. The number of aromatic nitrogens is 1. The SMILES string of the molecule is Cc1noc(N(C2CCC[NH+](C)C2)S(=O)(=O)NC(=O)OC(C)(C)C)c1C. The molecular formula is C16H29N4O5S+. The number of amides is 1. The Morgan fingerprint density at radius 1 is 1.38 bits per heavy atom. The lowest BCUT2D eigenvalue weighted by molar-refractivity contribution is -0.885. The summed E-state index contributed by atoms with van der Waals surface area (Å²) in [6.07, 6.45) is 0.528.